The average molecular weight is 798 g/mol. The Morgan fingerprint density at radius 1 is 0.466 bits per heavy atom. The van der Waals surface area contributed by atoms with Crippen molar-refractivity contribution in [2.24, 2.45) is 0 Å². The summed E-state index contributed by atoms with van der Waals surface area (Å²) < 4.78 is 39.3. The molecule has 2 heterocycles. The van der Waals surface area contributed by atoms with Crippen molar-refractivity contribution in [1.29, 1.82) is 0 Å². The van der Waals surface area contributed by atoms with Crippen molar-refractivity contribution in [3.05, 3.63) is 179 Å². The molecule has 11 aromatic rings. The number of nitrogens with zero attached hydrogens (tertiary/aromatic N) is 1. The Morgan fingerprint density at radius 2 is 0.845 bits per heavy atom. The van der Waals surface area contributed by atoms with Gasteiger partial charge in [0.25, 0.3) is 5.69 Å². The highest BCUT2D eigenvalue weighted by atomic mass is 31.1. The lowest BCUT2D eigenvalue weighted by atomic mass is 9.99. The maximum atomic E-state index is 12.1. The molecule has 0 saturated heterocycles. The summed E-state index contributed by atoms with van der Waals surface area (Å²) in [6.07, 6.45) is 0. The van der Waals surface area contributed by atoms with E-state index < -0.39 is 21.4 Å². The number of hydrogen-bond acceptors (Lipinski definition) is 8. The van der Waals surface area contributed by atoms with Crippen LogP contribution < -0.4 is 9.05 Å². The summed E-state index contributed by atoms with van der Waals surface area (Å²) >= 11 is 0. The molecule has 2 aromatic heterocycles. The van der Waals surface area contributed by atoms with Crippen molar-refractivity contribution >= 4 is 109 Å². The number of hydrogen-bond donors (Lipinski definition) is 0. The van der Waals surface area contributed by atoms with Crippen LogP contribution in [0.25, 0.3) is 87.0 Å². The highest BCUT2D eigenvalue weighted by molar-refractivity contribution is 7.32. The minimum atomic E-state index is -2.17. The predicted octanol–water partition coefficient (Wildman–Crippen LogP) is 14.9. The first-order chi connectivity index (χ1) is 28.6. The SMILES string of the molecule is O=[N+]([O-])c1ccc(COp2oc3ccc4ccccc4c3c3c(ccc4ccccc43)o2)c(Op2oc3ccc4ccccc4c3c3c(ccc4ccccc43)o2)c1. The number of non-ortho nitro benzene ring substituents is 1. The van der Waals surface area contributed by atoms with Crippen LogP contribution in [0, 0.1) is 10.1 Å². The molecule has 11 rings (SSSR count). The third-order valence-electron chi connectivity index (χ3n) is 10.5. The molecule has 0 amide bonds. The van der Waals surface area contributed by atoms with Crippen molar-refractivity contribution in [3.63, 3.8) is 0 Å². The zero-order valence-electron chi connectivity index (χ0n) is 30.4. The first kappa shape index (κ1) is 34.2. The van der Waals surface area contributed by atoms with Gasteiger partial charge in [-0.25, -0.2) is 0 Å². The molecule has 0 bridgehead atoms. The van der Waals surface area contributed by atoms with Gasteiger partial charge in [-0.3, -0.25) is 14.6 Å². The first-order valence-electron chi connectivity index (χ1n) is 18.5. The molecule has 0 saturated carbocycles. The van der Waals surface area contributed by atoms with Gasteiger partial charge in [0, 0.05) is 33.2 Å². The van der Waals surface area contributed by atoms with Crippen LogP contribution in [0.5, 0.6) is 5.75 Å². The fourth-order valence-corrected chi connectivity index (χ4v) is 9.93. The van der Waals surface area contributed by atoms with Gasteiger partial charge in [-0.15, -0.1) is 0 Å². The van der Waals surface area contributed by atoms with Gasteiger partial charge in [0.1, 0.15) is 28.1 Å². The molecule has 0 N–H and O–H groups in total. The van der Waals surface area contributed by atoms with Crippen LogP contribution in [-0.2, 0) is 6.61 Å². The lowest BCUT2D eigenvalue weighted by Gasteiger charge is -2.08. The van der Waals surface area contributed by atoms with Gasteiger partial charge >= 0.3 is 16.5 Å². The van der Waals surface area contributed by atoms with E-state index in [1.54, 1.807) is 6.07 Å². The van der Waals surface area contributed by atoms with E-state index >= 15 is 0 Å². The number of nitro benzene ring substituents is 1. The summed E-state index contributed by atoms with van der Waals surface area (Å²) in [6.45, 7) is -0.0590. The Labute approximate surface area is 330 Å². The van der Waals surface area contributed by atoms with E-state index in [1.807, 2.05) is 97.1 Å². The molecule has 0 fully saturated rings. The Kier molecular flexibility index (Phi) is 8.19. The second kappa shape index (κ2) is 13.9. The van der Waals surface area contributed by atoms with Gasteiger partial charge in [0.05, 0.1) is 17.6 Å². The molecule has 0 aliphatic carbocycles. The van der Waals surface area contributed by atoms with E-state index in [4.69, 9.17) is 25.8 Å². The second-order valence-corrected chi connectivity index (χ2v) is 15.9. The monoisotopic (exact) mass is 797 g/mol. The van der Waals surface area contributed by atoms with Crippen LogP contribution in [0.2, 0.25) is 0 Å². The molecular formula is C47H29NO8P2. The standard InChI is InChI=1S/C47H29NO8P2/c49-48(50)34-22-17-33(28-51-57-52-39-23-18-29-9-1-5-13-35(29)44(39)45-36-14-6-2-10-30(36)19-24-40(45)53-57)43(27-34)56-58-54-41-25-20-31-11-3-7-15-37(31)46(41)47-38-16-8-4-12-32(38)21-26-42(47)55-58/h1-27H,28H2. The number of fused-ring (bicyclic) bond motifs is 14. The molecule has 0 aliphatic rings. The topological polar surface area (TPSA) is 114 Å². The van der Waals surface area contributed by atoms with Gasteiger partial charge in [-0.05, 0) is 73.4 Å². The Bertz CT molecular complexity index is 3370. The van der Waals surface area contributed by atoms with E-state index in [-0.39, 0.29) is 18.0 Å². The van der Waals surface area contributed by atoms with Crippen molar-refractivity contribution in [1.82, 2.24) is 0 Å². The summed E-state index contributed by atoms with van der Waals surface area (Å²) in [4.78, 5) is 11.6. The molecule has 0 unspecified atom stereocenters. The lowest BCUT2D eigenvalue weighted by Crippen LogP contribution is -1.97. The third-order valence-corrected chi connectivity index (χ3v) is 12.6. The molecule has 9 nitrogen and oxygen atoms in total. The molecule has 0 aliphatic heterocycles. The molecule has 11 heteroatoms. The largest absolute Gasteiger partial charge is 0.453 e. The molecule has 0 spiro atoms. The van der Waals surface area contributed by atoms with Crippen LogP contribution in [0.4, 0.5) is 5.69 Å². The molecular weight excluding hydrogens is 768 g/mol. The van der Waals surface area contributed by atoms with Gasteiger partial charge < -0.3 is 21.3 Å². The molecule has 9 aromatic carbocycles. The summed E-state index contributed by atoms with van der Waals surface area (Å²) in [5, 5.41) is 24.0. The molecule has 58 heavy (non-hydrogen) atoms. The highest BCUT2D eigenvalue weighted by Crippen LogP contribution is 2.44. The normalized spacial score (nSPS) is 11.7. The van der Waals surface area contributed by atoms with Crippen LogP contribution in [0.1, 0.15) is 5.56 Å². The van der Waals surface area contributed by atoms with E-state index in [0.717, 1.165) is 64.6 Å². The summed E-state index contributed by atoms with van der Waals surface area (Å²) in [5.41, 5.74) is 2.75. The number of benzene rings is 9. The molecule has 0 radical (unpaired) electrons. The van der Waals surface area contributed by atoms with E-state index in [9.17, 15) is 10.1 Å². The third kappa shape index (κ3) is 5.84. The smallest absolute Gasteiger partial charge is 0.399 e. The zero-order valence-corrected chi connectivity index (χ0v) is 32.2. The van der Waals surface area contributed by atoms with E-state index in [0.29, 0.717) is 27.9 Å². The van der Waals surface area contributed by atoms with Crippen LogP contribution in [-0.4, -0.2) is 4.92 Å². The zero-order chi connectivity index (χ0) is 38.7. The minimum absolute atomic E-state index is 0.0590. The Balaban J connectivity index is 1.06. The van der Waals surface area contributed by atoms with Crippen molar-refractivity contribution in [2.45, 2.75) is 6.61 Å². The quantitative estimate of drug-likeness (QED) is 0.121. The van der Waals surface area contributed by atoms with Crippen molar-refractivity contribution in [3.8, 4) is 5.75 Å². The van der Waals surface area contributed by atoms with Crippen LogP contribution in [0.3, 0.4) is 0 Å². The van der Waals surface area contributed by atoms with Crippen LogP contribution >= 0.6 is 16.5 Å². The van der Waals surface area contributed by atoms with Gasteiger partial charge in [-0.1, -0.05) is 121 Å². The van der Waals surface area contributed by atoms with E-state index in [1.165, 1.54) is 12.1 Å². The minimum Gasteiger partial charge on any atom is -0.399 e. The fraction of sp³-hybridized carbons (Fsp3) is 0.0213. The van der Waals surface area contributed by atoms with Crippen LogP contribution in [0.15, 0.2) is 181 Å². The number of rotatable bonds is 6. The van der Waals surface area contributed by atoms with Crippen molar-refractivity contribution < 1.29 is 30.8 Å². The number of nitro groups is 1. The summed E-state index contributed by atoms with van der Waals surface area (Å²) in [5.74, 6) is 0.175. The summed E-state index contributed by atoms with van der Waals surface area (Å²) in [7, 11) is -4.19. The Morgan fingerprint density at radius 3 is 1.24 bits per heavy atom. The fourth-order valence-electron chi connectivity index (χ4n) is 7.85. The maximum Gasteiger partial charge on any atom is 0.453 e. The van der Waals surface area contributed by atoms with Gasteiger partial charge in [0.2, 0.25) is 0 Å². The average Bonchev–Trinajstić information content (AvgIpc) is 3.54. The molecule has 0 atom stereocenters. The first-order valence-corrected chi connectivity index (χ1v) is 20.7. The molecule has 280 valence electrons. The highest BCUT2D eigenvalue weighted by Gasteiger charge is 2.20. The lowest BCUT2D eigenvalue weighted by molar-refractivity contribution is -0.384. The maximum absolute atomic E-state index is 12.1. The van der Waals surface area contributed by atoms with E-state index in [2.05, 4.69) is 48.5 Å². The van der Waals surface area contributed by atoms with Gasteiger partial charge in [0.15, 0.2) is 0 Å². The predicted molar refractivity (Wildman–Crippen MR) is 232 cm³/mol. The van der Waals surface area contributed by atoms with Gasteiger partial charge in [-0.2, -0.15) is 0 Å². The Hall–Kier alpha value is -7.02. The van der Waals surface area contributed by atoms with Crippen molar-refractivity contribution in [2.75, 3.05) is 0 Å². The summed E-state index contributed by atoms with van der Waals surface area (Å²) in [6, 6.07) is 52.8. The second-order valence-electron chi connectivity index (χ2n) is 13.9.